The van der Waals surface area contributed by atoms with Crippen LogP contribution in [0, 0.1) is 0 Å². The molecule has 0 radical (unpaired) electrons. The number of H-pyrrole nitrogens is 1. The lowest BCUT2D eigenvalue weighted by Crippen LogP contribution is -2.12. The molecule has 0 saturated heterocycles. The molecule has 3 aromatic rings. The Balaban J connectivity index is 2.05. The number of para-hydroxylation sites is 2. The number of benzene rings is 2. The summed E-state index contributed by atoms with van der Waals surface area (Å²) in [6.07, 6.45) is 0.532. The molecule has 1 N–H and O–H groups in total. The molecule has 2 aromatic carbocycles. The maximum Gasteiger partial charge on any atom is 0.258 e. The van der Waals surface area contributed by atoms with Crippen LogP contribution >= 0.6 is 0 Å². The highest BCUT2D eigenvalue weighted by atomic mass is 16.5. The van der Waals surface area contributed by atoms with E-state index in [-0.39, 0.29) is 5.56 Å². The molecule has 1 heterocycles. The fourth-order valence-corrected chi connectivity index (χ4v) is 2.25. The van der Waals surface area contributed by atoms with Gasteiger partial charge in [-0.15, -0.1) is 0 Å². The number of hydrogen-bond acceptors (Lipinski definition) is 3. The maximum absolute atomic E-state index is 12.0. The molecule has 0 spiro atoms. The molecule has 4 nitrogen and oxygen atoms in total. The van der Waals surface area contributed by atoms with Crippen LogP contribution in [0.3, 0.4) is 0 Å². The average Bonchev–Trinajstić information content (AvgIpc) is 2.48. The SMILES string of the molecule is COc1ccccc1Cc1nc2ccccc2c(=O)[nH]1. The van der Waals surface area contributed by atoms with Crippen LogP contribution in [-0.4, -0.2) is 17.1 Å². The third kappa shape index (κ3) is 2.28. The Kier molecular flexibility index (Phi) is 3.21. The van der Waals surface area contributed by atoms with E-state index in [1.165, 1.54) is 0 Å². The van der Waals surface area contributed by atoms with Gasteiger partial charge in [0.1, 0.15) is 11.6 Å². The smallest absolute Gasteiger partial charge is 0.258 e. The Morgan fingerprint density at radius 2 is 1.85 bits per heavy atom. The summed E-state index contributed by atoms with van der Waals surface area (Å²) in [6, 6.07) is 15.0. The number of rotatable bonds is 3. The van der Waals surface area contributed by atoms with Gasteiger partial charge in [0.2, 0.25) is 0 Å². The van der Waals surface area contributed by atoms with Gasteiger partial charge in [0.25, 0.3) is 5.56 Å². The molecule has 1 aromatic heterocycles. The number of methoxy groups -OCH3 is 1. The van der Waals surface area contributed by atoms with E-state index in [1.54, 1.807) is 13.2 Å². The first-order valence-corrected chi connectivity index (χ1v) is 6.38. The second-order valence-corrected chi connectivity index (χ2v) is 4.52. The molecular weight excluding hydrogens is 252 g/mol. The number of nitrogens with zero attached hydrogens (tertiary/aromatic N) is 1. The lowest BCUT2D eigenvalue weighted by molar-refractivity contribution is 0.410. The van der Waals surface area contributed by atoms with Gasteiger partial charge in [-0.25, -0.2) is 4.98 Å². The minimum atomic E-state index is -0.111. The predicted octanol–water partition coefficient (Wildman–Crippen LogP) is 2.52. The highest BCUT2D eigenvalue weighted by molar-refractivity contribution is 5.77. The molecule has 0 aliphatic heterocycles. The molecule has 0 unspecified atom stereocenters. The Morgan fingerprint density at radius 1 is 1.10 bits per heavy atom. The van der Waals surface area contributed by atoms with Crippen LogP contribution < -0.4 is 10.3 Å². The molecule has 3 rings (SSSR count). The van der Waals surface area contributed by atoms with Crippen LogP contribution in [0.2, 0.25) is 0 Å². The molecule has 100 valence electrons. The normalized spacial score (nSPS) is 10.7. The lowest BCUT2D eigenvalue weighted by Gasteiger charge is -2.08. The van der Waals surface area contributed by atoms with E-state index in [1.807, 2.05) is 42.5 Å². The number of nitrogens with one attached hydrogen (secondary N) is 1. The van der Waals surface area contributed by atoms with E-state index in [0.29, 0.717) is 23.1 Å². The summed E-state index contributed by atoms with van der Waals surface area (Å²) in [6.45, 7) is 0. The van der Waals surface area contributed by atoms with E-state index >= 15 is 0 Å². The number of aromatic amines is 1. The minimum Gasteiger partial charge on any atom is -0.496 e. The molecule has 0 aliphatic carbocycles. The van der Waals surface area contributed by atoms with E-state index in [2.05, 4.69) is 9.97 Å². The molecule has 0 bridgehead atoms. The Labute approximate surface area is 116 Å². The van der Waals surface area contributed by atoms with Gasteiger partial charge >= 0.3 is 0 Å². The van der Waals surface area contributed by atoms with Crippen molar-refractivity contribution in [1.29, 1.82) is 0 Å². The van der Waals surface area contributed by atoms with Gasteiger partial charge in [-0.3, -0.25) is 4.79 Å². The van der Waals surface area contributed by atoms with Crippen LogP contribution in [-0.2, 0) is 6.42 Å². The first kappa shape index (κ1) is 12.4. The molecule has 20 heavy (non-hydrogen) atoms. The molecule has 4 heteroatoms. The van der Waals surface area contributed by atoms with Gasteiger partial charge < -0.3 is 9.72 Å². The van der Waals surface area contributed by atoms with Crippen LogP contribution in [0.15, 0.2) is 53.3 Å². The van der Waals surface area contributed by atoms with E-state index in [0.717, 1.165) is 11.3 Å². The van der Waals surface area contributed by atoms with Crippen molar-refractivity contribution in [2.24, 2.45) is 0 Å². The molecule has 0 aliphatic rings. The largest absolute Gasteiger partial charge is 0.496 e. The summed E-state index contributed by atoms with van der Waals surface area (Å²) in [5, 5.41) is 0.608. The first-order chi connectivity index (χ1) is 9.78. The topological polar surface area (TPSA) is 55.0 Å². The Morgan fingerprint density at radius 3 is 2.70 bits per heavy atom. The zero-order chi connectivity index (χ0) is 13.9. The van der Waals surface area contributed by atoms with E-state index in [9.17, 15) is 4.79 Å². The van der Waals surface area contributed by atoms with Crippen LogP contribution in [0.4, 0.5) is 0 Å². The van der Waals surface area contributed by atoms with E-state index < -0.39 is 0 Å². The van der Waals surface area contributed by atoms with Crippen molar-refractivity contribution in [2.45, 2.75) is 6.42 Å². The fourth-order valence-electron chi connectivity index (χ4n) is 2.25. The second kappa shape index (κ2) is 5.17. The van der Waals surface area contributed by atoms with Gasteiger partial charge in [0.05, 0.1) is 18.0 Å². The molecule has 0 amide bonds. The molecule has 0 saturated carbocycles. The maximum atomic E-state index is 12.0. The molecular formula is C16H14N2O2. The van der Waals surface area contributed by atoms with Crippen LogP contribution in [0.1, 0.15) is 11.4 Å². The Hall–Kier alpha value is -2.62. The zero-order valence-electron chi connectivity index (χ0n) is 11.1. The standard InChI is InChI=1S/C16H14N2O2/c1-20-14-9-5-2-6-11(14)10-15-17-13-8-4-3-7-12(13)16(19)18-15/h2-9H,10H2,1H3,(H,17,18,19). The van der Waals surface area contributed by atoms with E-state index in [4.69, 9.17) is 4.74 Å². The number of fused-ring (bicyclic) bond motifs is 1. The van der Waals surface area contributed by atoms with Gasteiger partial charge in [-0.2, -0.15) is 0 Å². The number of ether oxygens (including phenoxy) is 1. The lowest BCUT2D eigenvalue weighted by atomic mass is 10.1. The molecule has 0 atom stereocenters. The average molecular weight is 266 g/mol. The van der Waals surface area contributed by atoms with Crippen molar-refractivity contribution in [1.82, 2.24) is 9.97 Å². The van der Waals surface area contributed by atoms with Crippen molar-refractivity contribution in [3.8, 4) is 5.75 Å². The minimum absolute atomic E-state index is 0.111. The van der Waals surface area contributed by atoms with Gasteiger partial charge in [-0.05, 0) is 18.2 Å². The summed E-state index contributed by atoms with van der Waals surface area (Å²) < 4.78 is 5.32. The fraction of sp³-hybridized carbons (Fsp3) is 0.125. The van der Waals surface area contributed by atoms with Crippen LogP contribution in [0.25, 0.3) is 10.9 Å². The number of aromatic nitrogens is 2. The van der Waals surface area contributed by atoms with Gasteiger partial charge in [0, 0.05) is 12.0 Å². The van der Waals surface area contributed by atoms with Gasteiger partial charge in [0.15, 0.2) is 0 Å². The summed E-state index contributed by atoms with van der Waals surface area (Å²) in [5.74, 6) is 1.43. The third-order valence-corrected chi connectivity index (χ3v) is 3.21. The monoisotopic (exact) mass is 266 g/mol. The van der Waals surface area contributed by atoms with Crippen molar-refractivity contribution >= 4 is 10.9 Å². The predicted molar refractivity (Wildman–Crippen MR) is 78.2 cm³/mol. The highest BCUT2D eigenvalue weighted by Gasteiger charge is 2.07. The third-order valence-electron chi connectivity index (χ3n) is 3.21. The first-order valence-electron chi connectivity index (χ1n) is 6.38. The highest BCUT2D eigenvalue weighted by Crippen LogP contribution is 2.19. The summed E-state index contributed by atoms with van der Waals surface area (Å²) in [4.78, 5) is 19.3. The number of hydrogen-bond donors (Lipinski definition) is 1. The summed E-state index contributed by atoms with van der Waals surface area (Å²) in [7, 11) is 1.63. The molecule has 0 fully saturated rings. The van der Waals surface area contributed by atoms with Crippen LogP contribution in [0.5, 0.6) is 5.75 Å². The Bertz CT molecular complexity index is 809. The van der Waals surface area contributed by atoms with Gasteiger partial charge in [-0.1, -0.05) is 30.3 Å². The summed E-state index contributed by atoms with van der Waals surface area (Å²) >= 11 is 0. The van der Waals surface area contributed by atoms with Crippen molar-refractivity contribution in [3.63, 3.8) is 0 Å². The second-order valence-electron chi connectivity index (χ2n) is 4.52. The quantitative estimate of drug-likeness (QED) is 0.792. The van der Waals surface area contributed by atoms with Crippen molar-refractivity contribution in [3.05, 3.63) is 70.3 Å². The van der Waals surface area contributed by atoms with Crippen molar-refractivity contribution in [2.75, 3.05) is 7.11 Å². The zero-order valence-corrected chi connectivity index (χ0v) is 11.1. The summed E-state index contributed by atoms with van der Waals surface area (Å²) in [5.41, 5.74) is 1.59. The van der Waals surface area contributed by atoms with Crippen molar-refractivity contribution < 1.29 is 4.74 Å².